The minimum Gasteiger partial charge on any atom is -0.394 e. The minimum absolute atomic E-state index is 0.0177. The van der Waals surface area contributed by atoms with Crippen molar-refractivity contribution in [3.63, 3.8) is 0 Å². The number of nitrogens with two attached hydrogens (primary N) is 1. The van der Waals surface area contributed by atoms with Crippen molar-refractivity contribution in [2.24, 2.45) is 0 Å². The van der Waals surface area contributed by atoms with Gasteiger partial charge in [0.2, 0.25) is 0 Å². The summed E-state index contributed by atoms with van der Waals surface area (Å²) in [7, 11) is 0. The molecule has 0 saturated heterocycles. The highest BCUT2D eigenvalue weighted by Gasteiger charge is 2.17. The maximum Gasteiger partial charge on any atom is 0.278 e. The lowest BCUT2D eigenvalue weighted by Crippen LogP contribution is -1.99. The number of benzene rings is 1. The fourth-order valence-electron chi connectivity index (χ4n) is 1.96. The van der Waals surface area contributed by atoms with E-state index < -0.39 is 4.92 Å². The van der Waals surface area contributed by atoms with Crippen LogP contribution in [0.4, 0.5) is 11.4 Å². The summed E-state index contributed by atoms with van der Waals surface area (Å²) in [5.74, 6) is 0. The molecule has 0 aliphatic rings. The fraction of sp³-hybridized carbons (Fsp3) is 0. The second-order valence-electron chi connectivity index (χ2n) is 3.94. The van der Waals surface area contributed by atoms with Crippen LogP contribution in [-0.2, 0) is 0 Å². The molecule has 19 heavy (non-hydrogen) atoms. The summed E-state index contributed by atoms with van der Waals surface area (Å²) in [5, 5.41) is 15.2. The molecule has 3 rings (SSSR count). The fourth-order valence-corrected chi connectivity index (χ4v) is 1.96. The standard InChI is InChI=1S/C12H9N5O2/c13-9-7-15-16-10(5-6-14-12(9)16)8-3-1-2-4-11(8)17(18)19/h1-7H,13H2. The molecule has 0 amide bonds. The third-order valence-electron chi connectivity index (χ3n) is 2.81. The average molecular weight is 255 g/mol. The van der Waals surface area contributed by atoms with Crippen LogP contribution in [0, 0.1) is 10.1 Å². The largest absolute Gasteiger partial charge is 0.394 e. The number of hydrogen-bond acceptors (Lipinski definition) is 5. The van der Waals surface area contributed by atoms with Gasteiger partial charge >= 0.3 is 0 Å². The van der Waals surface area contributed by atoms with Crippen LogP contribution in [0.15, 0.2) is 42.7 Å². The molecule has 2 aromatic heterocycles. The molecule has 2 heterocycles. The van der Waals surface area contributed by atoms with E-state index in [-0.39, 0.29) is 5.69 Å². The quantitative estimate of drug-likeness (QED) is 0.556. The van der Waals surface area contributed by atoms with Crippen molar-refractivity contribution < 1.29 is 4.92 Å². The van der Waals surface area contributed by atoms with Crippen LogP contribution < -0.4 is 5.73 Å². The van der Waals surface area contributed by atoms with Crippen molar-refractivity contribution in [1.29, 1.82) is 0 Å². The van der Waals surface area contributed by atoms with Crippen molar-refractivity contribution in [2.75, 3.05) is 5.73 Å². The Morgan fingerprint density at radius 2 is 2.05 bits per heavy atom. The van der Waals surface area contributed by atoms with Crippen LogP contribution in [0.2, 0.25) is 0 Å². The van der Waals surface area contributed by atoms with E-state index in [9.17, 15) is 10.1 Å². The van der Waals surface area contributed by atoms with E-state index in [1.54, 1.807) is 30.5 Å². The summed E-state index contributed by atoms with van der Waals surface area (Å²) < 4.78 is 1.50. The van der Waals surface area contributed by atoms with E-state index in [4.69, 9.17) is 5.73 Å². The lowest BCUT2D eigenvalue weighted by atomic mass is 10.1. The number of nitro benzene ring substituents is 1. The topological polar surface area (TPSA) is 99.3 Å². The first-order chi connectivity index (χ1) is 9.18. The second kappa shape index (κ2) is 4.05. The molecule has 7 nitrogen and oxygen atoms in total. The Balaban J connectivity index is 2.34. The van der Waals surface area contributed by atoms with E-state index in [2.05, 4.69) is 10.1 Å². The van der Waals surface area contributed by atoms with Gasteiger partial charge in [0, 0.05) is 12.3 Å². The van der Waals surface area contributed by atoms with Crippen LogP contribution in [0.5, 0.6) is 0 Å². The van der Waals surface area contributed by atoms with Gasteiger partial charge in [-0.15, -0.1) is 0 Å². The van der Waals surface area contributed by atoms with Gasteiger partial charge in [-0.25, -0.2) is 9.50 Å². The molecule has 0 saturated carbocycles. The molecule has 0 atom stereocenters. The predicted octanol–water partition coefficient (Wildman–Crippen LogP) is 1.89. The molecular formula is C12H9N5O2. The lowest BCUT2D eigenvalue weighted by Gasteiger charge is -2.05. The molecule has 0 spiro atoms. The Hall–Kier alpha value is -2.96. The van der Waals surface area contributed by atoms with Gasteiger partial charge in [0.25, 0.3) is 5.69 Å². The molecular weight excluding hydrogens is 246 g/mol. The average Bonchev–Trinajstić information content (AvgIpc) is 2.81. The summed E-state index contributed by atoms with van der Waals surface area (Å²) in [5.41, 5.74) is 7.72. The van der Waals surface area contributed by atoms with Gasteiger partial charge in [0.05, 0.1) is 28.1 Å². The van der Waals surface area contributed by atoms with Crippen LogP contribution in [0.3, 0.4) is 0 Å². The summed E-state index contributed by atoms with van der Waals surface area (Å²) in [4.78, 5) is 14.8. The van der Waals surface area contributed by atoms with Gasteiger partial charge in [-0.2, -0.15) is 5.10 Å². The summed E-state index contributed by atoms with van der Waals surface area (Å²) in [6.45, 7) is 0. The molecule has 0 fully saturated rings. The zero-order valence-corrected chi connectivity index (χ0v) is 9.72. The van der Waals surface area contributed by atoms with Crippen LogP contribution in [-0.4, -0.2) is 19.5 Å². The van der Waals surface area contributed by atoms with Crippen molar-refractivity contribution in [3.8, 4) is 11.3 Å². The van der Waals surface area contributed by atoms with Crippen LogP contribution in [0.1, 0.15) is 0 Å². The van der Waals surface area contributed by atoms with Crippen molar-refractivity contribution in [2.45, 2.75) is 0 Å². The van der Waals surface area contributed by atoms with Gasteiger partial charge < -0.3 is 5.73 Å². The number of hydrogen-bond donors (Lipinski definition) is 1. The number of anilines is 1. The van der Waals surface area contributed by atoms with E-state index in [0.717, 1.165) is 0 Å². The SMILES string of the molecule is Nc1cnn2c(-c3ccccc3[N+](=O)[O-])ccnc12. The third kappa shape index (κ3) is 1.68. The maximum atomic E-state index is 11.1. The molecule has 1 aromatic carbocycles. The normalized spacial score (nSPS) is 10.7. The Labute approximate surface area is 107 Å². The number of nitrogen functional groups attached to an aromatic ring is 1. The maximum absolute atomic E-state index is 11.1. The van der Waals surface area contributed by atoms with Gasteiger partial charge in [-0.1, -0.05) is 12.1 Å². The van der Waals surface area contributed by atoms with E-state index in [0.29, 0.717) is 22.6 Å². The molecule has 0 radical (unpaired) electrons. The first-order valence-electron chi connectivity index (χ1n) is 5.50. The molecule has 0 unspecified atom stereocenters. The predicted molar refractivity (Wildman–Crippen MR) is 69.5 cm³/mol. The third-order valence-corrected chi connectivity index (χ3v) is 2.81. The van der Waals surface area contributed by atoms with E-state index >= 15 is 0 Å². The number of nitro groups is 1. The molecule has 0 aliphatic heterocycles. The highest BCUT2D eigenvalue weighted by Crippen LogP contribution is 2.29. The van der Waals surface area contributed by atoms with Crippen molar-refractivity contribution >= 4 is 17.0 Å². The number of para-hydroxylation sites is 1. The van der Waals surface area contributed by atoms with Crippen molar-refractivity contribution in [1.82, 2.24) is 14.6 Å². The highest BCUT2D eigenvalue weighted by molar-refractivity contribution is 5.74. The van der Waals surface area contributed by atoms with Gasteiger partial charge in [-0.3, -0.25) is 10.1 Å². The van der Waals surface area contributed by atoms with Crippen LogP contribution in [0.25, 0.3) is 16.9 Å². The van der Waals surface area contributed by atoms with E-state index in [1.165, 1.54) is 16.8 Å². The highest BCUT2D eigenvalue weighted by atomic mass is 16.6. The minimum atomic E-state index is -0.422. The van der Waals surface area contributed by atoms with Gasteiger partial charge in [0.15, 0.2) is 5.65 Å². The number of aromatic nitrogens is 3. The molecule has 0 bridgehead atoms. The number of fused-ring (bicyclic) bond motifs is 1. The zero-order chi connectivity index (χ0) is 13.4. The molecule has 3 aromatic rings. The second-order valence-corrected chi connectivity index (χ2v) is 3.94. The summed E-state index contributed by atoms with van der Waals surface area (Å²) in [6.07, 6.45) is 3.03. The smallest absolute Gasteiger partial charge is 0.278 e. The zero-order valence-electron chi connectivity index (χ0n) is 9.72. The number of nitrogens with zero attached hydrogens (tertiary/aromatic N) is 4. The molecule has 94 valence electrons. The monoisotopic (exact) mass is 255 g/mol. The Bertz CT molecular complexity index is 781. The van der Waals surface area contributed by atoms with Gasteiger partial charge in [0.1, 0.15) is 0 Å². The molecule has 0 aliphatic carbocycles. The number of rotatable bonds is 2. The first kappa shape index (κ1) is 11.1. The molecule has 2 N–H and O–H groups in total. The lowest BCUT2D eigenvalue weighted by molar-refractivity contribution is -0.384. The van der Waals surface area contributed by atoms with E-state index in [1.807, 2.05) is 0 Å². The Morgan fingerprint density at radius 3 is 2.84 bits per heavy atom. The van der Waals surface area contributed by atoms with Gasteiger partial charge in [-0.05, 0) is 12.1 Å². The van der Waals surface area contributed by atoms with Crippen LogP contribution >= 0.6 is 0 Å². The Morgan fingerprint density at radius 1 is 1.26 bits per heavy atom. The Kier molecular flexibility index (Phi) is 2.38. The summed E-state index contributed by atoms with van der Waals surface area (Å²) >= 11 is 0. The van der Waals surface area contributed by atoms with Crippen molar-refractivity contribution in [3.05, 3.63) is 52.8 Å². The first-order valence-corrected chi connectivity index (χ1v) is 5.50. The molecule has 7 heteroatoms. The summed E-state index contributed by atoms with van der Waals surface area (Å²) in [6, 6.07) is 8.15.